The molecule has 0 aromatic heterocycles. The Labute approximate surface area is 104 Å². The molecule has 0 bridgehead atoms. The second kappa shape index (κ2) is 4.64. The van der Waals surface area contributed by atoms with Crippen molar-refractivity contribution in [1.29, 1.82) is 0 Å². The van der Waals surface area contributed by atoms with E-state index in [0.29, 0.717) is 16.9 Å². The highest BCUT2D eigenvalue weighted by molar-refractivity contribution is 5.74. The maximum Gasteiger partial charge on any atom is 0.128 e. The molecule has 0 amide bonds. The van der Waals surface area contributed by atoms with Gasteiger partial charge in [0.1, 0.15) is 11.6 Å². The van der Waals surface area contributed by atoms with Crippen LogP contribution in [0.15, 0.2) is 30.3 Å². The van der Waals surface area contributed by atoms with Crippen molar-refractivity contribution >= 4 is 17.1 Å². The number of aryl methyl sites for hydroxylation is 2. The summed E-state index contributed by atoms with van der Waals surface area (Å²) >= 11 is 0. The van der Waals surface area contributed by atoms with Crippen molar-refractivity contribution in [2.45, 2.75) is 13.8 Å². The average molecular weight is 248 g/mol. The molecule has 0 saturated heterocycles. The fourth-order valence-electron chi connectivity index (χ4n) is 1.72. The van der Waals surface area contributed by atoms with Crippen LogP contribution in [0.4, 0.5) is 25.8 Å². The molecule has 0 atom stereocenters. The lowest BCUT2D eigenvalue weighted by Crippen LogP contribution is -2.00. The van der Waals surface area contributed by atoms with Gasteiger partial charge in [-0.15, -0.1) is 0 Å². The summed E-state index contributed by atoms with van der Waals surface area (Å²) < 4.78 is 26.3. The van der Waals surface area contributed by atoms with Gasteiger partial charge in [0, 0.05) is 5.69 Å². The van der Waals surface area contributed by atoms with Crippen LogP contribution in [0, 0.1) is 25.5 Å². The predicted molar refractivity (Wildman–Crippen MR) is 70.0 cm³/mol. The second-order valence-electron chi connectivity index (χ2n) is 4.27. The number of nitrogen functional groups attached to an aromatic ring is 1. The number of hydrogen-bond donors (Lipinski definition) is 2. The Morgan fingerprint density at radius 1 is 0.944 bits per heavy atom. The Hall–Kier alpha value is -2.10. The van der Waals surface area contributed by atoms with E-state index in [1.54, 1.807) is 26.0 Å². The van der Waals surface area contributed by atoms with E-state index in [1.165, 1.54) is 18.2 Å². The molecule has 18 heavy (non-hydrogen) atoms. The molecule has 0 aliphatic carbocycles. The maximum atomic E-state index is 13.3. The van der Waals surface area contributed by atoms with Gasteiger partial charge in [-0.3, -0.25) is 0 Å². The molecule has 3 N–H and O–H groups in total. The number of rotatable bonds is 2. The van der Waals surface area contributed by atoms with Crippen LogP contribution in [0.25, 0.3) is 0 Å². The van der Waals surface area contributed by atoms with Crippen molar-refractivity contribution in [3.63, 3.8) is 0 Å². The number of benzene rings is 2. The Morgan fingerprint density at radius 2 is 1.67 bits per heavy atom. The minimum atomic E-state index is -0.339. The van der Waals surface area contributed by atoms with E-state index in [4.69, 9.17) is 5.73 Å². The largest absolute Gasteiger partial charge is 0.397 e. The van der Waals surface area contributed by atoms with Crippen molar-refractivity contribution in [2.24, 2.45) is 0 Å². The normalized spacial score (nSPS) is 10.4. The first-order valence-electron chi connectivity index (χ1n) is 5.56. The SMILES string of the molecule is Cc1cc(Nc2ccc(F)cc2C)c(N)cc1F. The Morgan fingerprint density at radius 3 is 2.33 bits per heavy atom. The summed E-state index contributed by atoms with van der Waals surface area (Å²) in [6, 6.07) is 7.32. The second-order valence-corrected chi connectivity index (χ2v) is 4.27. The van der Waals surface area contributed by atoms with Gasteiger partial charge < -0.3 is 11.1 Å². The molecular weight excluding hydrogens is 234 g/mol. The van der Waals surface area contributed by atoms with E-state index in [2.05, 4.69) is 5.32 Å². The highest BCUT2D eigenvalue weighted by atomic mass is 19.1. The zero-order valence-corrected chi connectivity index (χ0v) is 10.2. The molecule has 2 nitrogen and oxygen atoms in total. The molecule has 2 rings (SSSR count). The van der Waals surface area contributed by atoms with Crippen LogP contribution in [0.3, 0.4) is 0 Å². The summed E-state index contributed by atoms with van der Waals surface area (Å²) in [5.74, 6) is -0.629. The van der Waals surface area contributed by atoms with Crippen molar-refractivity contribution in [3.05, 3.63) is 53.1 Å². The lowest BCUT2D eigenvalue weighted by molar-refractivity contribution is 0.619. The number of nitrogens with two attached hydrogens (primary N) is 1. The molecule has 0 spiro atoms. The van der Waals surface area contributed by atoms with Crippen LogP contribution in [0.1, 0.15) is 11.1 Å². The lowest BCUT2D eigenvalue weighted by atomic mass is 10.1. The van der Waals surface area contributed by atoms with Gasteiger partial charge in [0.25, 0.3) is 0 Å². The Kier molecular flexibility index (Phi) is 3.19. The van der Waals surface area contributed by atoms with E-state index in [9.17, 15) is 8.78 Å². The molecule has 0 aliphatic heterocycles. The third-order valence-electron chi connectivity index (χ3n) is 2.79. The molecule has 0 aliphatic rings. The van der Waals surface area contributed by atoms with Crippen LogP contribution >= 0.6 is 0 Å². The molecule has 2 aromatic carbocycles. The first-order chi connectivity index (χ1) is 8.47. The van der Waals surface area contributed by atoms with Gasteiger partial charge in [-0.25, -0.2) is 8.78 Å². The first kappa shape index (κ1) is 12.4. The van der Waals surface area contributed by atoms with Crippen molar-refractivity contribution in [1.82, 2.24) is 0 Å². The zero-order chi connectivity index (χ0) is 13.3. The van der Waals surface area contributed by atoms with Crippen LogP contribution in [0.5, 0.6) is 0 Å². The quantitative estimate of drug-likeness (QED) is 0.791. The number of hydrogen-bond acceptors (Lipinski definition) is 2. The standard InChI is InChI=1S/C14H14F2N2/c1-8-6-14(12(17)7-11(8)16)18-13-4-3-10(15)5-9(13)2/h3-7,18H,17H2,1-2H3. The Balaban J connectivity index is 2.37. The van der Waals surface area contributed by atoms with E-state index >= 15 is 0 Å². The smallest absolute Gasteiger partial charge is 0.128 e. The van der Waals surface area contributed by atoms with Crippen molar-refractivity contribution in [3.8, 4) is 0 Å². The van der Waals surface area contributed by atoms with Gasteiger partial charge in [-0.05, 0) is 55.3 Å². The monoisotopic (exact) mass is 248 g/mol. The van der Waals surface area contributed by atoms with Gasteiger partial charge in [0.15, 0.2) is 0 Å². The molecule has 2 aromatic rings. The zero-order valence-electron chi connectivity index (χ0n) is 10.2. The van der Waals surface area contributed by atoms with Gasteiger partial charge in [0.2, 0.25) is 0 Å². The molecule has 0 fully saturated rings. The summed E-state index contributed by atoms with van der Waals surface area (Å²) in [6.45, 7) is 3.45. The minimum Gasteiger partial charge on any atom is -0.397 e. The molecule has 94 valence electrons. The molecule has 0 heterocycles. The number of halogens is 2. The van der Waals surface area contributed by atoms with E-state index in [1.807, 2.05) is 0 Å². The summed E-state index contributed by atoms with van der Waals surface area (Å²) in [4.78, 5) is 0. The Bertz CT molecular complexity index is 595. The fourth-order valence-corrected chi connectivity index (χ4v) is 1.72. The molecule has 0 radical (unpaired) electrons. The average Bonchev–Trinajstić information content (AvgIpc) is 2.29. The topological polar surface area (TPSA) is 38.0 Å². The fraction of sp³-hybridized carbons (Fsp3) is 0.143. The highest BCUT2D eigenvalue weighted by Crippen LogP contribution is 2.27. The van der Waals surface area contributed by atoms with Crippen LogP contribution in [0.2, 0.25) is 0 Å². The van der Waals surface area contributed by atoms with Gasteiger partial charge >= 0.3 is 0 Å². The van der Waals surface area contributed by atoms with Crippen LogP contribution in [-0.2, 0) is 0 Å². The van der Waals surface area contributed by atoms with Gasteiger partial charge in [0.05, 0.1) is 11.4 Å². The number of nitrogens with one attached hydrogen (secondary N) is 1. The van der Waals surface area contributed by atoms with Gasteiger partial charge in [-0.1, -0.05) is 0 Å². The van der Waals surface area contributed by atoms with Gasteiger partial charge in [-0.2, -0.15) is 0 Å². The summed E-state index contributed by atoms with van der Waals surface area (Å²) in [6.07, 6.45) is 0. The van der Waals surface area contributed by atoms with E-state index in [0.717, 1.165) is 11.3 Å². The molecular formula is C14H14F2N2. The summed E-state index contributed by atoms with van der Waals surface area (Å²) in [5.41, 5.74) is 8.69. The van der Waals surface area contributed by atoms with E-state index < -0.39 is 0 Å². The lowest BCUT2D eigenvalue weighted by Gasteiger charge is -2.13. The molecule has 4 heteroatoms. The predicted octanol–water partition coefficient (Wildman–Crippen LogP) is 3.91. The van der Waals surface area contributed by atoms with Crippen LogP contribution < -0.4 is 11.1 Å². The minimum absolute atomic E-state index is 0.290. The third kappa shape index (κ3) is 2.42. The van der Waals surface area contributed by atoms with Crippen LogP contribution in [-0.4, -0.2) is 0 Å². The maximum absolute atomic E-state index is 13.3. The van der Waals surface area contributed by atoms with Crippen molar-refractivity contribution in [2.75, 3.05) is 11.1 Å². The number of anilines is 3. The molecule has 0 saturated carbocycles. The third-order valence-corrected chi connectivity index (χ3v) is 2.79. The molecule has 0 unspecified atom stereocenters. The summed E-state index contributed by atoms with van der Waals surface area (Å²) in [7, 11) is 0. The van der Waals surface area contributed by atoms with Crippen molar-refractivity contribution < 1.29 is 8.78 Å². The first-order valence-corrected chi connectivity index (χ1v) is 5.56. The highest BCUT2D eigenvalue weighted by Gasteiger charge is 2.07. The summed E-state index contributed by atoms with van der Waals surface area (Å²) in [5, 5.41) is 3.08. The van der Waals surface area contributed by atoms with E-state index in [-0.39, 0.29) is 11.6 Å².